The molecule has 4 rings (SSSR count). The van der Waals surface area contributed by atoms with Crippen molar-refractivity contribution in [3.05, 3.63) is 99.7 Å². The number of imide groups is 1. The van der Waals surface area contributed by atoms with Crippen LogP contribution in [0.1, 0.15) is 22.3 Å². The molecule has 3 aromatic rings. The van der Waals surface area contributed by atoms with E-state index in [1.807, 2.05) is 87.4 Å². The third kappa shape index (κ3) is 4.64. The lowest BCUT2D eigenvalue weighted by Crippen LogP contribution is -2.32. The van der Waals surface area contributed by atoms with E-state index in [0.717, 1.165) is 33.6 Å². The van der Waals surface area contributed by atoms with Crippen LogP contribution in [0.15, 0.2) is 72.4 Å². The minimum Gasteiger partial charge on any atom is -0.378 e. The zero-order valence-electron chi connectivity index (χ0n) is 19.1. The second-order valence-electron chi connectivity index (χ2n) is 8.44. The Balaban J connectivity index is 1.73. The summed E-state index contributed by atoms with van der Waals surface area (Å²) in [6, 6.07) is 20.7. The molecule has 0 spiro atoms. The Hall–Kier alpha value is -3.57. The standard InChI is InChI=1S/C27H26ClN3O2/c1-17-5-8-20(15-18(17)2)24-25(29-22-11-13-23(14-12-22)30(3)4)27(33)31(26(24)32)16-19-6-9-21(28)10-7-19/h5-15,29H,16H2,1-4H3. The molecule has 168 valence electrons. The summed E-state index contributed by atoms with van der Waals surface area (Å²) in [7, 11) is 3.94. The molecule has 0 unspecified atom stereocenters. The molecule has 5 nitrogen and oxygen atoms in total. The summed E-state index contributed by atoms with van der Waals surface area (Å²) in [5, 5.41) is 3.83. The van der Waals surface area contributed by atoms with Gasteiger partial charge in [-0.2, -0.15) is 0 Å². The molecule has 0 fully saturated rings. The number of rotatable bonds is 6. The lowest BCUT2D eigenvalue weighted by atomic mass is 9.99. The zero-order chi connectivity index (χ0) is 23.7. The summed E-state index contributed by atoms with van der Waals surface area (Å²) in [5.41, 5.74) is 6.20. The Morgan fingerprint density at radius 3 is 2.12 bits per heavy atom. The first-order chi connectivity index (χ1) is 15.7. The van der Waals surface area contributed by atoms with E-state index in [2.05, 4.69) is 5.32 Å². The number of halogens is 1. The van der Waals surface area contributed by atoms with E-state index in [1.165, 1.54) is 4.90 Å². The average molecular weight is 460 g/mol. The second kappa shape index (κ2) is 9.12. The normalized spacial score (nSPS) is 13.7. The smallest absolute Gasteiger partial charge is 0.278 e. The summed E-state index contributed by atoms with van der Waals surface area (Å²) in [6.45, 7) is 4.19. The van der Waals surface area contributed by atoms with E-state index in [0.29, 0.717) is 10.6 Å². The molecule has 0 aliphatic carbocycles. The molecule has 33 heavy (non-hydrogen) atoms. The monoisotopic (exact) mass is 459 g/mol. The third-order valence-corrected chi connectivity index (χ3v) is 6.12. The fourth-order valence-corrected chi connectivity index (χ4v) is 3.89. The molecule has 1 heterocycles. The van der Waals surface area contributed by atoms with Crippen molar-refractivity contribution in [3.63, 3.8) is 0 Å². The number of anilines is 2. The summed E-state index contributed by atoms with van der Waals surface area (Å²) < 4.78 is 0. The van der Waals surface area contributed by atoms with Gasteiger partial charge in [0.1, 0.15) is 5.70 Å². The lowest BCUT2D eigenvalue weighted by Gasteiger charge is -2.16. The molecule has 0 bridgehead atoms. The summed E-state index contributed by atoms with van der Waals surface area (Å²) in [6.07, 6.45) is 0. The van der Waals surface area contributed by atoms with E-state index in [1.54, 1.807) is 12.1 Å². The molecule has 0 saturated carbocycles. The van der Waals surface area contributed by atoms with Gasteiger partial charge in [0.25, 0.3) is 11.8 Å². The van der Waals surface area contributed by atoms with Crippen LogP contribution in [0.3, 0.4) is 0 Å². The van der Waals surface area contributed by atoms with E-state index < -0.39 is 0 Å². The highest BCUT2D eigenvalue weighted by Gasteiger charge is 2.39. The van der Waals surface area contributed by atoms with Crippen LogP contribution in [0.5, 0.6) is 0 Å². The van der Waals surface area contributed by atoms with E-state index in [9.17, 15) is 9.59 Å². The molecule has 0 saturated heterocycles. The van der Waals surface area contributed by atoms with Crippen LogP contribution < -0.4 is 10.2 Å². The Labute approximate surface area is 199 Å². The number of amides is 2. The van der Waals surface area contributed by atoms with Gasteiger partial charge in [-0.15, -0.1) is 0 Å². The van der Waals surface area contributed by atoms with Gasteiger partial charge in [0.05, 0.1) is 12.1 Å². The first kappa shape index (κ1) is 22.6. The highest BCUT2D eigenvalue weighted by atomic mass is 35.5. The maximum atomic E-state index is 13.5. The number of nitrogens with one attached hydrogen (secondary N) is 1. The minimum atomic E-state index is -0.347. The van der Waals surface area contributed by atoms with E-state index >= 15 is 0 Å². The minimum absolute atomic E-state index is 0.175. The van der Waals surface area contributed by atoms with Gasteiger partial charge in [0.2, 0.25) is 0 Å². The van der Waals surface area contributed by atoms with Gasteiger partial charge in [0, 0.05) is 30.5 Å². The molecule has 0 aromatic heterocycles. The van der Waals surface area contributed by atoms with Crippen molar-refractivity contribution in [1.29, 1.82) is 0 Å². The molecule has 3 aromatic carbocycles. The average Bonchev–Trinajstić information content (AvgIpc) is 3.02. The van der Waals surface area contributed by atoms with Crippen molar-refractivity contribution in [3.8, 4) is 0 Å². The topological polar surface area (TPSA) is 52.7 Å². The van der Waals surface area contributed by atoms with Crippen LogP contribution in [-0.2, 0) is 16.1 Å². The molecule has 1 N–H and O–H groups in total. The molecule has 2 amide bonds. The van der Waals surface area contributed by atoms with Crippen molar-refractivity contribution >= 4 is 40.4 Å². The van der Waals surface area contributed by atoms with E-state index in [-0.39, 0.29) is 24.1 Å². The van der Waals surface area contributed by atoms with Gasteiger partial charge >= 0.3 is 0 Å². The van der Waals surface area contributed by atoms with Crippen LogP contribution in [0.2, 0.25) is 5.02 Å². The molecular weight excluding hydrogens is 434 g/mol. The highest BCUT2D eigenvalue weighted by Crippen LogP contribution is 2.33. The molecule has 0 atom stereocenters. The number of carbonyl (C=O) groups is 2. The van der Waals surface area contributed by atoms with Crippen molar-refractivity contribution in [2.75, 3.05) is 24.3 Å². The van der Waals surface area contributed by atoms with Gasteiger partial charge in [-0.1, -0.05) is 41.9 Å². The Kier molecular flexibility index (Phi) is 6.25. The van der Waals surface area contributed by atoms with Crippen molar-refractivity contribution in [1.82, 2.24) is 4.90 Å². The predicted molar refractivity (Wildman–Crippen MR) is 134 cm³/mol. The van der Waals surface area contributed by atoms with Gasteiger partial charge in [-0.3, -0.25) is 14.5 Å². The van der Waals surface area contributed by atoms with Crippen LogP contribution in [0, 0.1) is 13.8 Å². The third-order valence-electron chi connectivity index (χ3n) is 5.87. The molecule has 1 aliphatic rings. The first-order valence-electron chi connectivity index (χ1n) is 10.7. The van der Waals surface area contributed by atoms with Crippen molar-refractivity contribution in [2.45, 2.75) is 20.4 Å². The summed E-state index contributed by atoms with van der Waals surface area (Å²) in [4.78, 5) is 30.2. The Morgan fingerprint density at radius 2 is 1.52 bits per heavy atom. The lowest BCUT2D eigenvalue weighted by molar-refractivity contribution is -0.137. The fourth-order valence-electron chi connectivity index (χ4n) is 3.76. The summed E-state index contributed by atoms with van der Waals surface area (Å²) in [5.74, 6) is -0.662. The number of nitrogens with zero attached hydrogens (tertiary/aromatic N) is 2. The molecule has 0 radical (unpaired) electrons. The van der Waals surface area contributed by atoms with Gasteiger partial charge in [-0.25, -0.2) is 0 Å². The number of hydrogen-bond acceptors (Lipinski definition) is 4. The number of carbonyl (C=O) groups excluding carboxylic acids is 2. The van der Waals surface area contributed by atoms with Gasteiger partial charge in [0.15, 0.2) is 0 Å². The largest absolute Gasteiger partial charge is 0.378 e. The maximum absolute atomic E-state index is 13.5. The van der Waals surface area contributed by atoms with E-state index in [4.69, 9.17) is 11.6 Å². The van der Waals surface area contributed by atoms with Gasteiger partial charge < -0.3 is 10.2 Å². The van der Waals surface area contributed by atoms with Crippen LogP contribution in [0.4, 0.5) is 11.4 Å². The van der Waals surface area contributed by atoms with Gasteiger partial charge in [-0.05, 0) is 72.5 Å². The zero-order valence-corrected chi connectivity index (χ0v) is 19.9. The SMILES string of the molecule is Cc1ccc(C2=C(Nc3ccc(N(C)C)cc3)C(=O)N(Cc3ccc(Cl)cc3)C2=O)cc1C. The maximum Gasteiger partial charge on any atom is 0.278 e. The second-order valence-corrected chi connectivity index (χ2v) is 8.87. The number of aryl methyl sites for hydroxylation is 2. The predicted octanol–water partition coefficient (Wildman–Crippen LogP) is 5.42. The Morgan fingerprint density at radius 1 is 0.848 bits per heavy atom. The molecule has 6 heteroatoms. The Bertz CT molecular complexity index is 1250. The van der Waals surface area contributed by atoms with Crippen molar-refractivity contribution < 1.29 is 9.59 Å². The van der Waals surface area contributed by atoms with Crippen molar-refractivity contribution in [2.24, 2.45) is 0 Å². The molecule has 1 aliphatic heterocycles. The summed E-state index contributed by atoms with van der Waals surface area (Å²) >= 11 is 5.99. The number of hydrogen-bond donors (Lipinski definition) is 1. The molecular formula is C27H26ClN3O2. The van der Waals surface area contributed by atoms with Crippen LogP contribution >= 0.6 is 11.6 Å². The van der Waals surface area contributed by atoms with Crippen LogP contribution in [0.25, 0.3) is 5.57 Å². The highest BCUT2D eigenvalue weighted by molar-refractivity contribution is 6.36. The first-order valence-corrected chi connectivity index (χ1v) is 11.1. The fraction of sp³-hybridized carbons (Fsp3) is 0.185. The number of benzene rings is 3. The quantitative estimate of drug-likeness (QED) is 0.500. The van der Waals surface area contributed by atoms with Crippen LogP contribution in [-0.4, -0.2) is 30.8 Å².